The molecule has 0 unspecified atom stereocenters. The zero-order valence-corrected chi connectivity index (χ0v) is 14.5. The molecule has 1 aromatic carbocycles. The second-order valence-electron chi connectivity index (χ2n) is 8.94. The van der Waals surface area contributed by atoms with Crippen LogP contribution in [0.25, 0.3) is 5.69 Å². The first-order chi connectivity index (χ1) is 12.2. The number of hydrogen-bond acceptors (Lipinski definition) is 2. The maximum atomic E-state index is 13.3. The van der Waals surface area contributed by atoms with E-state index in [2.05, 4.69) is 5.32 Å². The zero-order chi connectivity index (χ0) is 16.6. The third kappa shape index (κ3) is 2.00. The Morgan fingerprint density at radius 2 is 1.64 bits per heavy atom. The fraction of sp³-hybridized carbons (Fsp3) is 0.571. The Bertz CT molecular complexity index is 800. The summed E-state index contributed by atoms with van der Waals surface area (Å²) in [6.45, 7) is 0.994. The minimum Gasteiger partial charge on any atom is -0.369 e. The van der Waals surface area contributed by atoms with Gasteiger partial charge in [-0.2, -0.15) is 5.10 Å². The van der Waals surface area contributed by atoms with Crippen molar-refractivity contribution in [3.8, 4) is 5.69 Å². The summed E-state index contributed by atoms with van der Waals surface area (Å²) < 4.78 is 15.4. The van der Waals surface area contributed by atoms with E-state index in [1.54, 1.807) is 0 Å². The minimum atomic E-state index is -0.193. The Morgan fingerprint density at radius 3 is 2.28 bits per heavy atom. The van der Waals surface area contributed by atoms with Gasteiger partial charge in [-0.05, 0) is 87.0 Å². The summed E-state index contributed by atoms with van der Waals surface area (Å²) in [7, 11) is 0. The molecule has 4 heteroatoms. The number of fused-ring (bicyclic) bond motifs is 1. The van der Waals surface area contributed by atoms with E-state index < -0.39 is 0 Å². The minimum absolute atomic E-state index is 0.193. The molecule has 130 valence electrons. The molecule has 0 amide bonds. The molecule has 0 saturated heterocycles. The third-order valence-corrected chi connectivity index (χ3v) is 7.26. The van der Waals surface area contributed by atoms with Gasteiger partial charge in [0.1, 0.15) is 11.6 Å². The van der Waals surface area contributed by atoms with Crippen LogP contribution in [0.3, 0.4) is 0 Å². The topological polar surface area (TPSA) is 29.9 Å². The highest BCUT2D eigenvalue weighted by molar-refractivity contribution is 5.58. The quantitative estimate of drug-likeness (QED) is 0.877. The molecule has 2 heterocycles. The molecule has 7 rings (SSSR count). The largest absolute Gasteiger partial charge is 0.369 e. The first-order valence-electron chi connectivity index (χ1n) is 9.82. The van der Waals surface area contributed by atoms with Crippen molar-refractivity contribution in [3.05, 3.63) is 41.3 Å². The Hall–Kier alpha value is -1.84. The van der Waals surface area contributed by atoms with Crippen molar-refractivity contribution in [2.75, 3.05) is 11.9 Å². The maximum absolute atomic E-state index is 13.3. The average molecular weight is 337 g/mol. The van der Waals surface area contributed by atoms with Crippen LogP contribution in [0.5, 0.6) is 0 Å². The van der Waals surface area contributed by atoms with Crippen LogP contribution in [-0.4, -0.2) is 16.3 Å². The van der Waals surface area contributed by atoms with Crippen molar-refractivity contribution in [3.63, 3.8) is 0 Å². The molecule has 4 fully saturated rings. The molecule has 0 spiro atoms. The van der Waals surface area contributed by atoms with Gasteiger partial charge in [0, 0.05) is 17.5 Å². The summed E-state index contributed by atoms with van der Waals surface area (Å²) in [5.41, 5.74) is 4.08. The molecule has 1 aromatic heterocycles. The van der Waals surface area contributed by atoms with Crippen LogP contribution in [-0.2, 0) is 11.8 Å². The number of benzene rings is 1. The van der Waals surface area contributed by atoms with Gasteiger partial charge in [-0.15, -0.1) is 0 Å². The number of halogens is 1. The van der Waals surface area contributed by atoms with E-state index in [9.17, 15) is 4.39 Å². The van der Waals surface area contributed by atoms with Crippen LogP contribution < -0.4 is 5.32 Å². The molecule has 0 radical (unpaired) electrons. The van der Waals surface area contributed by atoms with Gasteiger partial charge in [-0.25, -0.2) is 9.07 Å². The van der Waals surface area contributed by atoms with E-state index in [-0.39, 0.29) is 5.82 Å². The predicted octanol–water partition coefficient (Wildman–Crippen LogP) is 4.45. The molecule has 4 aliphatic carbocycles. The van der Waals surface area contributed by atoms with Gasteiger partial charge in [0.15, 0.2) is 0 Å². The lowest BCUT2D eigenvalue weighted by atomic mass is 9.48. The van der Waals surface area contributed by atoms with Crippen molar-refractivity contribution in [1.82, 2.24) is 9.78 Å². The summed E-state index contributed by atoms with van der Waals surface area (Å²) in [4.78, 5) is 0. The number of hydrogen-bond donors (Lipinski definition) is 1. The lowest BCUT2D eigenvalue weighted by molar-refractivity contribution is -0.00770. The molecule has 0 atom stereocenters. The highest BCUT2D eigenvalue weighted by Gasteiger charge is 2.54. The number of rotatable bonds is 2. The van der Waals surface area contributed by atoms with Crippen molar-refractivity contribution in [1.29, 1.82) is 0 Å². The van der Waals surface area contributed by atoms with Gasteiger partial charge in [-0.3, -0.25) is 0 Å². The van der Waals surface area contributed by atoms with Gasteiger partial charge < -0.3 is 5.32 Å². The Kier molecular flexibility index (Phi) is 2.79. The molecular weight excluding hydrogens is 313 g/mol. The average Bonchev–Trinajstić information content (AvgIpc) is 3.17. The number of nitrogens with zero attached hydrogens (tertiary/aromatic N) is 2. The molecule has 4 bridgehead atoms. The van der Waals surface area contributed by atoms with E-state index in [0.29, 0.717) is 5.41 Å². The van der Waals surface area contributed by atoms with Gasteiger partial charge in [0.2, 0.25) is 0 Å². The zero-order valence-electron chi connectivity index (χ0n) is 14.5. The van der Waals surface area contributed by atoms with Crippen LogP contribution >= 0.6 is 0 Å². The SMILES string of the molecule is Fc1ccc(-n2nc(C34CC5CC(CC(C5)C3)C4)c3c2NCC3)cc1. The first kappa shape index (κ1) is 14.3. The van der Waals surface area contributed by atoms with Gasteiger partial charge in [0.05, 0.1) is 11.4 Å². The molecule has 4 saturated carbocycles. The molecule has 5 aliphatic rings. The van der Waals surface area contributed by atoms with Crippen LogP contribution in [0, 0.1) is 23.6 Å². The lowest BCUT2D eigenvalue weighted by Gasteiger charge is -2.56. The highest BCUT2D eigenvalue weighted by atomic mass is 19.1. The Balaban J connectivity index is 1.49. The maximum Gasteiger partial charge on any atom is 0.133 e. The van der Waals surface area contributed by atoms with Gasteiger partial charge in [0.25, 0.3) is 0 Å². The van der Waals surface area contributed by atoms with Crippen LogP contribution in [0.15, 0.2) is 24.3 Å². The van der Waals surface area contributed by atoms with Gasteiger partial charge in [-0.1, -0.05) is 0 Å². The fourth-order valence-electron chi connectivity index (χ4n) is 6.77. The normalized spacial score (nSPS) is 35.0. The number of aromatic nitrogens is 2. The van der Waals surface area contributed by atoms with E-state index in [1.807, 2.05) is 16.8 Å². The van der Waals surface area contributed by atoms with Crippen LogP contribution in [0.1, 0.15) is 49.8 Å². The number of nitrogens with one attached hydrogen (secondary N) is 1. The summed E-state index contributed by atoms with van der Waals surface area (Å²) in [6.07, 6.45) is 9.46. The van der Waals surface area contributed by atoms with E-state index in [1.165, 1.54) is 61.9 Å². The fourth-order valence-corrected chi connectivity index (χ4v) is 6.77. The summed E-state index contributed by atoms with van der Waals surface area (Å²) in [5, 5.41) is 8.69. The second kappa shape index (κ2) is 4.87. The molecule has 3 nitrogen and oxygen atoms in total. The van der Waals surface area contributed by atoms with E-state index >= 15 is 0 Å². The molecule has 1 N–H and O–H groups in total. The van der Waals surface area contributed by atoms with E-state index in [0.717, 1.165) is 42.2 Å². The third-order valence-electron chi connectivity index (χ3n) is 7.26. The second-order valence-corrected chi connectivity index (χ2v) is 8.94. The van der Waals surface area contributed by atoms with Crippen molar-refractivity contribution in [2.24, 2.45) is 17.8 Å². The lowest BCUT2D eigenvalue weighted by Crippen LogP contribution is -2.49. The van der Waals surface area contributed by atoms with E-state index in [4.69, 9.17) is 5.10 Å². The standard InChI is InChI=1S/C21H24FN3/c22-16-1-3-17(4-2-16)25-20-18(5-6-23-20)19(24-25)21-10-13-7-14(11-21)9-15(8-13)12-21/h1-4,13-15,23H,5-12H2. The Labute approximate surface area is 147 Å². The van der Waals surface area contributed by atoms with Crippen LogP contribution in [0.4, 0.5) is 10.2 Å². The highest BCUT2D eigenvalue weighted by Crippen LogP contribution is 2.61. The number of anilines is 1. The smallest absolute Gasteiger partial charge is 0.133 e. The Morgan fingerprint density at radius 1 is 1.00 bits per heavy atom. The summed E-state index contributed by atoms with van der Waals surface area (Å²) in [6, 6.07) is 6.74. The first-order valence-corrected chi connectivity index (χ1v) is 9.82. The van der Waals surface area contributed by atoms with Crippen LogP contribution in [0.2, 0.25) is 0 Å². The monoisotopic (exact) mass is 337 g/mol. The van der Waals surface area contributed by atoms with Gasteiger partial charge >= 0.3 is 0 Å². The summed E-state index contributed by atoms with van der Waals surface area (Å²) >= 11 is 0. The molecule has 2 aromatic rings. The van der Waals surface area contributed by atoms with Crippen molar-refractivity contribution in [2.45, 2.75) is 50.4 Å². The molecule has 1 aliphatic heterocycles. The predicted molar refractivity (Wildman–Crippen MR) is 95.6 cm³/mol. The molecule has 25 heavy (non-hydrogen) atoms. The van der Waals surface area contributed by atoms with Crippen molar-refractivity contribution >= 4 is 5.82 Å². The summed E-state index contributed by atoms with van der Waals surface area (Å²) in [5.74, 6) is 3.73. The van der Waals surface area contributed by atoms with Crippen molar-refractivity contribution < 1.29 is 4.39 Å². The molecular formula is C21H24FN3.